The van der Waals surface area contributed by atoms with Crippen LogP contribution < -0.4 is 120 Å². The highest BCUT2D eigenvalue weighted by Gasteiger charge is 2.44. The van der Waals surface area contributed by atoms with E-state index in [1.54, 1.807) is 27.7 Å². The van der Waals surface area contributed by atoms with Crippen LogP contribution in [0.25, 0.3) is 0 Å². The number of aromatic hydroxyl groups is 2. The van der Waals surface area contributed by atoms with Crippen molar-refractivity contribution in [3.63, 3.8) is 0 Å². The number of thiol groups is 4. The molecule has 2 saturated heterocycles. The molecule has 16 atom stereocenters. The Morgan fingerprint density at radius 1 is 0.319 bits per heavy atom. The van der Waals surface area contributed by atoms with Gasteiger partial charge in [-0.25, -0.2) is 0 Å². The van der Waals surface area contributed by atoms with Crippen molar-refractivity contribution in [3.8, 4) is 11.5 Å². The van der Waals surface area contributed by atoms with Gasteiger partial charge in [-0.15, -0.1) is 0 Å². The minimum atomic E-state index is -1.76. The number of hydrogen-bond donors (Lipinski definition) is 28. The molecule has 0 unspecified atom stereocenters. The number of carbonyl (C=O) groups is 22. The molecule has 52 heteroatoms. The summed E-state index contributed by atoms with van der Waals surface area (Å²) in [7, 11) is 0. The molecule has 48 nitrogen and oxygen atoms in total. The number of rotatable bonds is 58. The van der Waals surface area contributed by atoms with Crippen LogP contribution in [0.5, 0.6) is 11.5 Å². The van der Waals surface area contributed by atoms with Crippen LogP contribution in [-0.2, 0) is 118 Å². The van der Waals surface area contributed by atoms with E-state index in [9.17, 15) is 116 Å². The molecule has 2 heterocycles. The Bertz CT molecular complexity index is 4300. The van der Waals surface area contributed by atoms with E-state index >= 15 is 0 Å². The molecule has 2 aromatic rings. The van der Waals surface area contributed by atoms with E-state index in [2.05, 4.69) is 125 Å². The van der Waals surface area contributed by atoms with Gasteiger partial charge in [-0.2, -0.15) is 50.5 Å². The van der Waals surface area contributed by atoms with E-state index in [0.29, 0.717) is 24.0 Å². The van der Waals surface area contributed by atoms with E-state index in [1.165, 1.54) is 58.3 Å². The van der Waals surface area contributed by atoms with E-state index in [1.807, 2.05) is 27.7 Å². The highest BCUT2D eigenvalue weighted by Crippen LogP contribution is 2.24. The van der Waals surface area contributed by atoms with Crippen LogP contribution in [0.2, 0.25) is 0 Å². The Balaban J connectivity index is 0.000000710. The lowest BCUT2D eigenvalue weighted by Crippen LogP contribution is -2.61. The number of carbonyl (C=O) groups excluding carboxylic acids is 22. The number of amides is 22. The number of nitrogens with two attached hydrogens (primary N) is 8. The quantitative estimate of drug-likeness (QED) is 0.0274. The van der Waals surface area contributed by atoms with Gasteiger partial charge in [0, 0.05) is 61.8 Å². The first kappa shape index (κ1) is 120. The Kier molecular flexibility index (Phi) is 52.5. The molecule has 0 aliphatic carbocycles. The third-order valence-electron chi connectivity index (χ3n) is 21.3. The monoisotopic (exact) mass is 2020 g/mol. The standard InChI is InChI=1S/2C43H68N12O12S2/c2*1-21(2)14-27(37(61)48-18-35(47)59)53-42(66)32-6-5-13-55(32)43(67)31(20-69)54-41(65)30(17-34(46)58)52-38(62)26(11-12-33(45)57)49-39(63)28(15-22(3)4)51-40(64)29(50-36(60)25(44)19-68)16-23-7-9-24(56)10-8-23/h2*7-10,21-22,25-32,56,68-69H,5-6,11-20,44H2,1-4H3,(H2,45,57)(H2,46,58)(H2,47,59)(H,48,61)(H,49,63)(H,50,60)(H,51,64)(H,52,62)(H,53,66)(H,54,65)/t2*25-,26-,27-,28-,29-,30-,31-,32-/m00/s1. The third-order valence-corrected chi connectivity index (χ3v) is 22.8. The molecule has 2 aliphatic heterocycles. The number of phenolic OH excluding ortho intramolecular Hbond substituents is 2. The number of hydrogen-bond acceptors (Lipinski definition) is 30. The molecule has 2 aliphatic rings. The number of benzene rings is 2. The molecule has 22 amide bonds. The van der Waals surface area contributed by atoms with Gasteiger partial charge in [0.15, 0.2) is 0 Å². The first-order valence-electron chi connectivity index (χ1n) is 44.7. The Hall–Kier alpha value is -12.3. The Morgan fingerprint density at radius 2 is 0.572 bits per heavy atom. The van der Waals surface area contributed by atoms with Crippen LogP contribution in [0.15, 0.2) is 48.5 Å². The van der Waals surface area contributed by atoms with Crippen LogP contribution in [0, 0.1) is 23.7 Å². The molecule has 4 rings (SSSR count). The maximum absolute atomic E-state index is 14.0. The summed E-state index contributed by atoms with van der Waals surface area (Å²) in [6.07, 6.45) is -1.96. The predicted octanol–water partition coefficient (Wildman–Crippen LogP) is -8.29. The van der Waals surface area contributed by atoms with Crippen molar-refractivity contribution in [2.45, 2.75) is 255 Å². The van der Waals surface area contributed by atoms with Gasteiger partial charge in [0.2, 0.25) is 130 Å². The highest BCUT2D eigenvalue weighted by atomic mass is 32.1. The molecule has 2 aromatic carbocycles. The number of likely N-dealkylation sites (tertiary alicyclic amines) is 2. The lowest BCUT2D eigenvalue weighted by atomic mass is 10.00. The topological polar surface area (TPSA) is 799 Å². The number of nitrogens with one attached hydrogen (secondary N) is 14. The lowest BCUT2D eigenvalue weighted by molar-refractivity contribution is -0.142. The summed E-state index contributed by atoms with van der Waals surface area (Å²) in [4.78, 5) is 291. The molecule has 0 radical (unpaired) electrons. The van der Waals surface area contributed by atoms with Crippen LogP contribution in [0.1, 0.15) is 156 Å². The van der Waals surface area contributed by atoms with E-state index in [4.69, 9.17) is 45.9 Å². The summed E-state index contributed by atoms with van der Waals surface area (Å²) in [5.41, 5.74) is 44.7. The molecule has 768 valence electrons. The summed E-state index contributed by atoms with van der Waals surface area (Å²) in [5, 5.41) is 54.4. The normalized spacial score (nSPS) is 16.4. The summed E-state index contributed by atoms with van der Waals surface area (Å²) in [6, 6.07) is -9.65. The van der Waals surface area contributed by atoms with Crippen LogP contribution in [0.3, 0.4) is 0 Å². The second-order valence-corrected chi connectivity index (χ2v) is 36.5. The minimum Gasteiger partial charge on any atom is -0.508 e. The summed E-state index contributed by atoms with van der Waals surface area (Å²) in [5.74, 6) is -20.2. The largest absolute Gasteiger partial charge is 0.508 e. The smallest absolute Gasteiger partial charge is 0.246 e. The first-order valence-corrected chi connectivity index (χ1v) is 47.3. The summed E-state index contributed by atoms with van der Waals surface area (Å²) < 4.78 is 0. The van der Waals surface area contributed by atoms with Crippen molar-refractivity contribution in [2.75, 3.05) is 49.2 Å². The molecule has 0 spiro atoms. The third kappa shape index (κ3) is 43.2. The van der Waals surface area contributed by atoms with Crippen LogP contribution >= 0.6 is 50.5 Å². The van der Waals surface area contributed by atoms with Gasteiger partial charge < -0.3 is 140 Å². The number of phenols is 2. The van der Waals surface area contributed by atoms with Gasteiger partial charge in [0.1, 0.15) is 96.1 Å². The average molecular weight is 2020 g/mol. The molecule has 32 N–H and O–H groups in total. The van der Waals surface area contributed by atoms with E-state index in [0.717, 1.165) is 0 Å². The summed E-state index contributed by atoms with van der Waals surface area (Å²) in [6.45, 7) is 13.5. The molecule has 0 saturated carbocycles. The molecule has 0 bridgehead atoms. The van der Waals surface area contributed by atoms with Gasteiger partial charge in [0.05, 0.1) is 38.0 Å². The van der Waals surface area contributed by atoms with Gasteiger partial charge in [-0.05, 0) is 123 Å². The molecular weight excluding hydrogens is 1880 g/mol. The second-order valence-electron chi connectivity index (χ2n) is 35.0. The Labute approximate surface area is 820 Å². The van der Waals surface area contributed by atoms with Crippen LogP contribution in [0.4, 0.5) is 0 Å². The fraction of sp³-hybridized carbons (Fsp3) is 0.605. The van der Waals surface area contributed by atoms with Gasteiger partial charge >= 0.3 is 0 Å². The highest BCUT2D eigenvalue weighted by molar-refractivity contribution is 7.80. The lowest BCUT2D eigenvalue weighted by Gasteiger charge is -2.30. The first-order chi connectivity index (χ1) is 64.7. The van der Waals surface area contributed by atoms with Crippen molar-refractivity contribution in [2.24, 2.45) is 69.5 Å². The van der Waals surface area contributed by atoms with Crippen molar-refractivity contribution in [1.82, 2.24) is 84.2 Å². The molecule has 2 fully saturated rings. The zero-order chi connectivity index (χ0) is 104. The minimum absolute atomic E-state index is 0.00790. The molecule has 138 heavy (non-hydrogen) atoms. The predicted molar refractivity (Wildman–Crippen MR) is 514 cm³/mol. The SMILES string of the molecule is CC(C)C[C@H](NC(=O)[C@H](Cc1ccc(O)cc1)NC(=O)[C@@H](N)CS)C(=O)N[C@@H](CCC(N)=O)C(=O)N[C@@H](CC(N)=O)C(=O)N[C@@H](CS)C(=O)N1CCC[C@H]1C(=O)N[C@@H](CC(C)C)C(=O)NCC(N)=O.CC(C)C[C@H](NC(=O)[C@H](Cc1ccc(O)cc1)NC(=O)[C@@H](N)CS)C(=O)N[C@@H](CCC(N)=O)C(=O)N[C@@H](CC(N)=O)C(=O)N[C@@H](CS)C(=O)N1CCC[C@H]1C(=O)N[C@@H](CC(C)C)C(=O)NCC(N)=O. The van der Waals surface area contributed by atoms with Crippen molar-refractivity contribution in [3.05, 3.63) is 59.7 Å². The fourth-order valence-corrected chi connectivity index (χ4v) is 15.1. The van der Waals surface area contributed by atoms with Gasteiger partial charge in [-0.1, -0.05) is 79.7 Å². The Morgan fingerprint density at radius 3 is 0.841 bits per heavy atom. The zero-order valence-electron chi connectivity index (χ0n) is 78.3. The number of nitrogens with zero attached hydrogens (tertiary/aromatic N) is 2. The zero-order valence-corrected chi connectivity index (χ0v) is 81.9. The molecule has 0 aromatic heterocycles. The molecular formula is C86H136N24O24S4. The second kappa shape index (κ2) is 60.4. The fourth-order valence-electron chi connectivity index (χ4n) is 14.3. The average Bonchev–Trinajstić information content (AvgIpc) is 1.64. The van der Waals surface area contributed by atoms with Crippen molar-refractivity contribution in [1.29, 1.82) is 0 Å². The van der Waals surface area contributed by atoms with Crippen molar-refractivity contribution < 1.29 is 116 Å². The van der Waals surface area contributed by atoms with Crippen LogP contribution in [-0.4, -0.2) is 296 Å². The van der Waals surface area contributed by atoms with Crippen molar-refractivity contribution >= 4 is 180 Å². The summed E-state index contributed by atoms with van der Waals surface area (Å²) >= 11 is 16.6. The maximum atomic E-state index is 14.0. The van der Waals surface area contributed by atoms with Gasteiger partial charge in [-0.3, -0.25) is 105 Å². The van der Waals surface area contributed by atoms with E-state index in [-0.39, 0.29) is 123 Å². The van der Waals surface area contributed by atoms with E-state index < -0.39 is 278 Å². The van der Waals surface area contributed by atoms with Gasteiger partial charge in [0.25, 0.3) is 0 Å². The maximum Gasteiger partial charge on any atom is 0.246 e. The number of primary amides is 6.